The van der Waals surface area contributed by atoms with Crippen LogP contribution in [0.25, 0.3) is 0 Å². The lowest BCUT2D eigenvalue weighted by Gasteiger charge is -2.35. The summed E-state index contributed by atoms with van der Waals surface area (Å²) in [6, 6.07) is -0.392. The summed E-state index contributed by atoms with van der Waals surface area (Å²) in [6.07, 6.45) is 0.228. The van der Waals surface area contributed by atoms with E-state index < -0.39 is 6.04 Å². The minimum atomic E-state index is -0.392. The normalized spacial score (nSPS) is 23.9. The van der Waals surface area contributed by atoms with Crippen molar-refractivity contribution in [2.24, 2.45) is 0 Å². The molecular formula is C12H23ClN4O3. The van der Waals surface area contributed by atoms with E-state index in [0.717, 1.165) is 13.1 Å². The zero-order valence-electron chi connectivity index (χ0n) is 11.5. The lowest BCUT2D eigenvalue weighted by molar-refractivity contribution is -0.136. The van der Waals surface area contributed by atoms with Gasteiger partial charge in [0.2, 0.25) is 11.8 Å². The van der Waals surface area contributed by atoms with Crippen LogP contribution in [0.15, 0.2) is 0 Å². The Kier molecular flexibility index (Phi) is 7.22. The van der Waals surface area contributed by atoms with Crippen molar-refractivity contribution in [3.05, 3.63) is 0 Å². The van der Waals surface area contributed by atoms with E-state index in [1.54, 1.807) is 4.90 Å². The maximum atomic E-state index is 12.1. The van der Waals surface area contributed by atoms with E-state index in [9.17, 15) is 9.59 Å². The lowest BCUT2D eigenvalue weighted by atomic mass is 10.1. The van der Waals surface area contributed by atoms with Gasteiger partial charge in [0.15, 0.2) is 0 Å². The van der Waals surface area contributed by atoms with Gasteiger partial charge >= 0.3 is 0 Å². The first-order chi connectivity index (χ1) is 9.20. The fourth-order valence-corrected chi connectivity index (χ4v) is 2.48. The minimum Gasteiger partial charge on any atom is -0.395 e. The van der Waals surface area contributed by atoms with Crippen molar-refractivity contribution in [1.29, 1.82) is 0 Å². The molecule has 0 aliphatic carbocycles. The number of nitrogens with one attached hydrogen (secondary N) is 2. The highest BCUT2D eigenvalue weighted by Gasteiger charge is 2.28. The second-order valence-electron chi connectivity index (χ2n) is 4.95. The summed E-state index contributed by atoms with van der Waals surface area (Å²) in [5, 5.41) is 14.7. The molecule has 2 amide bonds. The third kappa shape index (κ3) is 4.59. The predicted octanol–water partition coefficient (Wildman–Crippen LogP) is -1.98. The fourth-order valence-electron chi connectivity index (χ4n) is 2.48. The molecule has 20 heavy (non-hydrogen) atoms. The quantitative estimate of drug-likeness (QED) is 0.561. The molecule has 8 heteroatoms. The van der Waals surface area contributed by atoms with Crippen LogP contribution in [0.3, 0.4) is 0 Å². The number of hydrogen-bond donors (Lipinski definition) is 3. The molecule has 2 aliphatic rings. The lowest BCUT2D eigenvalue weighted by Crippen LogP contribution is -2.56. The van der Waals surface area contributed by atoms with Crippen molar-refractivity contribution in [1.82, 2.24) is 20.4 Å². The van der Waals surface area contributed by atoms with Crippen LogP contribution in [0.2, 0.25) is 0 Å². The van der Waals surface area contributed by atoms with Crippen molar-refractivity contribution in [2.45, 2.75) is 12.5 Å². The van der Waals surface area contributed by atoms with Crippen LogP contribution in [0.4, 0.5) is 0 Å². The van der Waals surface area contributed by atoms with Gasteiger partial charge in [0, 0.05) is 45.8 Å². The molecule has 0 aromatic carbocycles. The van der Waals surface area contributed by atoms with Gasteiger partial charge in [-0.3, -0.25) is 14.5 Å². The third-order valence-electron chi connectivity index (χ3n) is 3.65. The zero-order valence-corrected chi connectivity index (χ0v) is 12.3. The summed E-state index contributed by atoms with van der Waals surface area (Å²) in [6.45, 7) is 5.08. The average molecular weight is 307 g/mol. The monoisotopic (exact) mass is 306 g/mol. The Morgan fingerprint density at radius 1 is 1.25 bits per heavy atom. The predicted molar refractivity (Wildman–Crippen MR) is 76.8 cm³/mol. The molecule has 2 rings (SSSR count). The number of nitrogens with zero attached hydrogens (tertiary/aromatic N) is 2. The second-order valence-corrected chi connectivity index (χ2v) is 4.95. The molecule has 0 aromatic rings. The van der Waals surface area contributed by atoms with E-state index in [0.29, 0.717) is 32.7 Å². The molecule has 2 saturated heterocycles. The Hall–Kier alpha value is -0.890. The molecule has 1 atom stereocenters. The molecular weight excluding hydrogens is 284 g/mol. The second kappa shape index (κ2) is 8.41. The van der Waals surface area contributed by atoms with Crippen LogP contribution in [-0.2, 0) is 9.59 Å². The highest BCUT2D eigenvalue weighted by atomic mass is 35.5. The largest absolute Gasteiger partial charge is 0.395 e. The van der Waals surface area contributed by atoms with Gasteiger partial charge in [0.05, 0.1) is 19.1 Å². The molecule has 2 fully saturated rings. The van der Waals surface area contributed by atoms with Crippen molar-refractivity contribution >= 4 is 24.2 Å². The van der Waals surface area contributed by atoms with Gasteiger partial charge in [-0.2, -0.15) is 0 Å². The van der Waals surface area contributed by atoms with Crippen LogP contribution < -0.4 is 10.6 Å². The smallest absolute Gasteiger partial charge is 0.237 e. The summed E-state index contributed by atoms with van der Waals surface area (Å²) in [5.74, 6) is -0.0586. The van der Waals surface area contributed by atoms with Crippen LogP contribution in [0, 0.1) is 0 Å². The SMILES string of the molecule is Cl.O=C1NCCNC1CC(=O)N1CCN(CCO)CC1. The number of piperazine rings is 2. The molecule has 0 spiro atoms. The summed E-state index contributed by atoms with van der Waals surface area (Å²) in [5.41, 5.74) is 0. The van der Waals surface area contributed by atoms with Gasteiger partial charge in [-0.05, 0) is 0 Å². The average Bonchev–Trinajstić information content (AvgIpc) is 2.42. The van der Waals surface area contributed by atoms with Crippen LogP contribution in [-0.4, -0.2) is 85.2 Å². The van der Waals surface area contributed by atoms with E-state index >= 15 is 0 Å². The summed E-state index contributed by atoms with van der Waals surface area (Å²) in [7, 11) is 0. The van der Waals surface area contributed by atoms with Gasteiger partial charge < -0.3 is 20.6 Å². The Labute approximate surface area is 125 Å². The number of halogens is 1. The number of β-amino-alcohol motifs (C(OH)–C–C–N with tert-alkyl or cyclic N) is 1. The molecule has 2 heterocycles. The number of aliphatic hydroxyl groups is 1. The van der Waals surface area contributed by atoms with Crippen molar-refractivity contribution < 1.29 is 14.7 Å². The first-order valence-corrected chi connectivity index (χ1v) is 6.83. The van der Waals surface area contributed by atoms with E-state index in [-0.39, 0.29) is 37.2 Å². The van der Waals surface area contributed by atoms with Gasteiger partial charge in [-0.15, -0.1) is 12.4 Å². The summed E-state index contributed by atoms with van der Waals surface area (Å²) >= 11 is 0. The molecule has 1 unspecified atom stereocenters. The first kappa shape index (κ1) is 17.2. The molecule has 3 N–H and O–H groups in total. The summed E-state index contributed by atoms with van der Waals surface area (Å²) < 4.78 is 0. The Morgan fingerprint density at radius 2 is 1.95 bits per heavy atom. The van der Waals surface area contributed by atoms with Gasteiger partial charge in [0.25, 0.3) is 0 Å². The minimum absolute atomic E-state index is 0. The molecule has 2 aliphatic heterocycles. The topological polar surface area (TPSA) is 84.9 Å². The van der Waals surface area contributed by atoms with E-state index in [4.69, 9.17) is 5.11 Å². The van der Waals surface area contributed by atoms with Gasteiger partial charge in [0.1, 0.15) is 0 Å². The summed E-state index contributed by atoms with van der Waals surface area (Å²) in [4.78, 5) is 27.6. The highest BCUT2D eigenvalue weighted by molar-refractivity contribution is 5.88. The first-order valence-electron chi connectivity index (χ1n) is 6.83. The van der Waals surface area contributed by atoms with Crippen molar-refractivity contribution in [3.63, 3.8) is 0 Å². The third-order valence-corrected chi connectivity index (χ3v) is 3.65. The number of aliphatic hydroxyl groups excluding tert-OH is 1. The van der Waals surface area contributed by atoms with Gasteiger partial charge in [-0.25, -0.2) is 0 Å². The molecule has 0 aromatic heterocycles. The standard InChI is InChI=1S/C12H22N4O3.ClH/c17-8-7-15-3-5-16(6-4-15)11(18)9-10-12(19)14-2-1-13-10;/h10,13,17H,1-9H2,(H,14,19);1H. The maximum Gasteiger partial charge on any atom is 0.237 e. The van der Waals surface area contributed by atoms with Crippen LogP contribution >= 0.6 is 12.4 Å². The maximum absolute atomic E-state index is 12.1. The zero-order chi connectivity index (χ0) is 13.7. The van der Waals surface area contributed by atoms with Crippen LogP contribution in [0.5, 0.6) is 0 Å². The number of amides is 2. The molecule has 7 nitrogen and oxygen atoms in total. The van der Waals surface area contributed by atoms with Crippen molar-refractivity contribution in [2.75, 3.05) is 52.4 Å². The molecule has 0 saturated carbocycles. The Bertz CT molecular complexity index is 335. The van der Waals surface area contributed by atoms with Crippen molar-refractivity contribution in [3.8, 4) is 0 Å². The van der Waals surface area contributed by atoms with Gasteiger partial charge in [-0.1, -0.05) is 0 Å². The highest BCUT2D eigenvalue weighted by Crippen LogP contribution is 2.06. The fraction of sp³-hybridized carbons (Fsp3) is 0.833. The number of hydrogen-bond acceptors (Lipinski definition) is 5. The molecule has 0 bridgehead atoms. The van der Waals surface area contributed by atoms with E-state index in [2.05, 4.69) is 15.5 Å². The Morgan fingerprint density at radius 3 is 2.55 bits per heavy atom. The Balaban J connectivity index is 0.00000200. The number of rotatable bonds is 4. The number of carbonyl (C=O) groups excluding carboxylic acids is 2. The van der Waals surface area contributed by atoms with Crippen LogP contribution in [0.1, 0.15) is 6.42 Å². The molecule has 0 radical (unpaired) electrons. The van der Waals surface area contributed by atoms with E-state index in [1.165, 1.54) is 0 Å². The molecule has 116 valence electrons. The van der Waals surface area contributed by atoms with E-state index in [1.807, 2.05) is 0 Å². The number of carbonyl (C=O) groups is 2.